The molecule has 2 aromatic rings. The maximum Gasteiger partial charge on any atom is 0.293 e. The molecule has 1 aliphatic heterocycles. The van der Waals surface area contributed by atoms with Gasteiger partial charge in [-0.25, -0.2) is 4.39 Å². The monoisotopic (exact) mass is 414 g/mol. The average Bonchev–Trinajstić information content (AvgIpc) is 2.74. The predicted molar refractivity (Wildman–Crippen MR) is 110 cm³/mol. The van der Waals surface area contributed by atoms with Crippen LogP contribution in [0.4, 0.5) is 15.8 Å². The molecular formula is C21H23FN4O4. The van der Waals surface area contributed by atoms with Crippen LogP contribution in [0.3, 0.4) is 0 Å². The van der Waals surface area contributed by atoms with Gasteiger partial charge in [0.2, 0.25) is 5.91 Å². The number of benzene rings is 2. The number of nitrogens with zero attached hydrogens (tertiary/aromatic N) is 3. The van der Waals surface area contributed by atoms with Gasteiger partial charge in [-0.2, -0.15) is 0 Å². The minimum absolute atomic E-state index is 0.0168. The standard InChI is InChI=1S/C21H23FN4O4/c1-15(27)24-10-12-25(13-11-24)19-7-4-17(14-20(19)26(29)30)21(28)23-9-8-16-2-5-18(22)6-3-16/h2-7,14H,8-13H2,1H3,(H,23,28). The van der Waals surface area contributed by atoms with Gasteiger partial charge in [-0.15, -0.1) is 0 Å². The molecular weight excluding hydrogens is 391 g/mol. The molecule has 0 atom stereocenters. The van der Waals surface area contributed by atoms with Crippen molar-refractivity contribution in [2.24, 2.45) is 0 Å². The number of piperazine rings is 1. The largest absolute Gasteiger partial charge is 0.362 e. The summed E-state index contributed by atoms with van der Waals surface area (Å²) < 4.78 is 12.9. The molecule has 1 aliphatic rings. The van der Waals surface area contributed by atoms with Gasteiger partial charge in [0.15, 0.2) is 0 Å². The summed E-state index contributed by atoms with van der Waals surface area (Å²) in [7, 11) is 0. The topological polar surface area (TPSA) is 95.8 Å². The first-order valence-electron chi connectivity index (χ1n) is 9.66. The van der Waals surface area contributed by atoms with Crippen LogP contribution in [0, 0.1) is 15.9 Å². The number of halogens is 1. The number of hydrogen-bond donors (Lipinski definition) is 1. The third-order valence-corrected chi connectivity index (χ3v) is 5.11. The Labute approximate surface area is 173 Å². The molecule has 2 amide bonds. The van der Waals surface area contributed by atoms with E-state index in [0.29, 0.717) is 44.8 Å². The lowest BCUT2D eigenvalue weighted by atomic mass is 10.1. The van der Waals surface area contributed by atoms with Crippen LogP contribution in [0.25, 0.3) is 0 Å². The van der Waals surface area contributed by atoms with Crippen LogP contribution in [0.15, 0.2) is 42.5 Å². The molecule has 0 spiro atoms. The Morgan fingerprint density at radius 2 is 1.77 bits per heavy atom. The van der Waals surface area contributed by atoms with Gasteiger partial charge in [-0.05, 0) is 36.2 Å². The Hall–Kier alpha value is -3.49. The number of carbonyl (C=O) groups is 2. The third-order valence-electron chi connectivity index (χ3n) is 5.11. The first kappa shape index (κ1) is 21.2. The van der Waals surface area contributed by atoms with E-state index >= 15 is 0 Å². The zero-order valence-electron chi connectivity index (χ0n) is 16.6. The van der Waals surface area contributed by atoms with E-state index in [-0.39, 0.29) is 23.0 Å². The number of amides is 2. The first-order chi connectivity index (χ1) is 14.3. The Morgan fingerprint density at radius 3 is 2.37 bits per heavy atom. The van der Waals surface area contributed by atoms with Crippen LogP contribution in [-0.2, 0) is 11.2 Å². The molecule has 0 aromatic heterocycles. The summed E-state index contributed by atoms with van der Waals surface area (Å²) in [6.07, 6.45) is 0.520. The fourth-order valence-electron chi connectivity index (χ4n) is 3.41. The molecule has 0 saturated carbocycles. The van der Waals surface area contributed by atoms with Crippen LogP contribution in [0.5, 0.6) is 0 Å². The molecule has 2 aromatic carbocycles. The summed E-state index contributed by atoms with van der Waals surface area (Å²) in [5.41, 5.74) is 1.37. The molecule has 1 N–H and O–H groups in total. The summed E-state index contributed by atoms with van der Waals surface area (Å²) in [6, 6.07) is 10.4. The maximum absolute atomic E-state index is 12.9. The second kappa shape index (κ2) is 9.34. The van der Waals surface area contributed by atoms with E-state index in [1.54, 1.807) is 29.2 Å². The van der Waals surface area contributed by atoms with Crippen molar-refractivity contribution in [1.29, 1.82) is 0 Å². The van der Waals surface area contributed by atoms with Gasteiger partial charge in [0.1, 0.15) is 11.5 Å². The minimum atomic E-state index is -0.498. The predicted octanol–water partition coefficient (Wildman–Crippen LogP) is 2.37. The minimum Gasteiger partial charge on any atom is -0.362 e. The molecule has 158 valence electrons. The maximum atomic E-state index is 12.9. The molecule has 0 radical (unpaired) electrons. The van der Waals surface area contributed by atoms with Gasteiger partial charge in [0, 0.05) is 51.3 Å². The van der Waals surface area contributed by atoms with Crippen molar-refractivity contribution in [3.05, 3.63) is 69.5 Å². The van der Waals surface area contributed by atoms with E-state index in [4.69, 9.17) is 0 Å². The normalized spacial score (nSPS) is 13.8. The van der Waals surface area contributed by atoms with E-state index in [2.05, 4.69) is 5.32 Å². The highest BCUT2D eigenvalue weighted by Crippen LogP contribution is 2.30. The molecule has 30 heavy (non-hydrogen) atoms. The Bertz CT molecular complexity index is 941. The van der Waals surface area contributed by atoms with E-state index in [0.717, 1.165) is 5.56 Å². The van der Waals surface area contributed by atoms with Gasteiger partial charge < -0.3 is 15.1 Å². The number of nitro benzene ring substituents is 1. The summed E-state index contributed by atoms with van der Waals surface area (Å²) in [5, 5.41) is 14.3. The van der Waals surface area contributed by atoms with Crippen molar-refractivity contribution >= 4 is 23.2 Å². The molecule has 1 heterocycles. The molecule has 0 unspecified atom stereocenters. The fourth-order valence-corrected chi connectivity index (χ4v) is 3.41. The van der Waals surface area contributed by atoms with Gasteiger partial charge in [-0.3, -0.25) is 19.7 Å². The van der Waals surface area contributed by atoms with Gasteiger partial charge in [0.25, 0.3) is 11.6 Å². The van der Waals surface area contributed by atoms with Gasteiger partial charge >= 0.3 is 0 Å². The van der Waals surface area contributed by atoms with E-state index in [1.807, 2.05) is 4.90 Å². The average molecular weight is 414 g/mol. The lowest BCUT2D eigenvalue weighted by molar-refractivity contribution is -0.384. The molecule has 0 aliphatic carbocycles. The number of hydrogen-bond acceptors (Lipinski definition) is 5. The lowest BCUT2D eigenvalue weighted by Gasteiger charge is -2.35. The SMILES string of the molecule is CC(=O)N1CCN(c2ccc(C(=O)NCCc3ccc(F)cc3)cc2[N+](=O)[O-])CC1. The Balaban J connectivity index is 1.65. The van der Waals surface area contributed by atoms with Crippen LogP contribution in [0.2, 0.25) is 0 Å². The van der Waals surface area contributed by atoms with Crippen molar-refractivity contribution < 1.29 is 18.9 Å². The van der Waals surface area contributed by atoms with Gasteiger partial charge in [-0.1, -0.05) is 12.1 Å². The lowest BCUT2D eigenvalue weighted by Crippen LogP contribution is -2.48. The van der Waals surface area contributed by atoms with Crippen LogP contribution in [0.1, 0.15) is 22.8 Å². The van der Waals surface area contributed by atoms with Crippen LogP contribution < -0.4 is 10.2 Å². The zero-order valence-corrected chi connectivity index (χ0v) is 16.6. The number of nitro groups is 1. The fraction of sp³-hybridized carbons (Fsp3) is 0.333. The van der Waals surface area contributed by atoms with Crippen molar-refractivity contribution in [2.45, 2.75) is 13.3 Å². The van der Waals surface area contributed by atoms with E-state index in [1.165, 1.54) is 25.1 Å². The summed E-state index contributed by atoms with van der Waals surface area (Å²) >= 11 is 0. The molecule has 9 heteroatoms. The number of rotatable bonds is 6. The molecule has 0 bridgehead atoms. The van der Waals surface area contributed by atoms with Crippen LogP contribution in [-0.4, -0.2) is 54.4 Å². The van der Waals surface area contributed by atoms with Gasteiger partial charge in [0.05, 0.1) is 4.92 Å². The Morgan fingerprint density at radius 1 is 1.10 bits per heavy atom. The number of nitrogens with one attached hydrogen (secondary N) is 1. The molecule has 8 nitrogen and oxygen atoms in total. The second-order valence-electron chi connectivity index (χ2n) is 7.09. The summed E-state index contributed by atoms with van der Waals surface area (Å²) in [6.45, 7) is 3.80. The smallest absolute Gasteiger partial charge is 0.293 e. The zero-order chi connectivity index (χ0) is 21.7. The highest BCUT2D eigenvalue weighted by atomic mass is 19.1. The van der Waals surface area contributed by atoms with Crippen molar-refractivity contribution in [1.82, 2.24) is 10.2 Å². The summed E-state index contributed by atoms with van der Waals surface area (Å²) in [4.78, 5) is 38.5. The van der Waals surface area contributed by atoms with E-state index in [9.17, 15) is 24.1 Å². The summed E-state index contributed by atoms with van der Waals surface area (Å²) in [5.74, 6) is -0.747. The highest BCUT2D eigenvalue weighted by Gasteiger charge is 2.25. The first-order valence-corrected chi connectivity index (χ1v) is 9.66. The molecule has 1 fully saturated rings. The van der Waals surface area contributed by atoms with Crippen molar-refractivity contribution in [3.8, 4) is 0 Å². The number of anilines is 1. The number of carbonyl (C=O) groups excluding carboxylic acids is 2. The molecule has 3 rings (SSSR count). The van der Waals surface area contributed by atoms with E-state index < -0.39 is 10.8 Å². The van der Waals surface area contributed by atoms with Crippen molar-refractivity contribution in [2.75, 3.05) is 37.6 Å². The third kappa shape index (κ3) is 5.11. The van der Waals surface area contributed by atoms with Crippen LogP contribution >= 0.6 is 0 Å². The quantitative estimate of drug-likeness (QED) is 0.578. The van der Waals surface area contributed by atoms with Crippen molar-refractivity contribution in [3.63, 3.8) is 0 Å². The molecule has 1 saturated heterocycles. The Kier molecular flexibility index (Phi) is 6.61. The second-order valence-corrected chi connectivity index (χ2v) is 7.09. The highest BCUT2D eigenvalue weighted by molar-refractivity contribution is 5.95.